The Hall–Kier alpha value is -1.35. The van der Waals surface area contributed by atoms with Crippen molar-refractivity contribution in [1.29, 1.82) is 0 Å². The van der Waals surface area contributed by atoms with Crippen LogP contribution in [0, 0.1) is 0 Å². The third kappa shape index (κ3) is 4.81. The quantitative estimate of drug-likeness (QED) is 0.749. The molecule has 3 N–H and O–H groups in total. The summed E-state index contributed by atoms with van der Waals surface area (Å²) < 4.78 is 6.45. The Balaban J connectivity index is 2.18. The van der Waals surface area contributed by atoms with Crippen molar-refractivity contribution in [3.63, 3.8) is 0 Å². The predicted octanol–water partition coefficient (Wildman–Crippen LogP) is 2.01. The topological polar surface area (TPSA) is 88.7 Å². The summed E-state index contributed by atoms with van der Waals surface area (Å²) in [6.45, 7) is 0.786. The largest absolute Gasteiger partial charge is 0.497 e. The van der Waals surface area contributed by atoms with Crippen LogP contribution in [0.2, 0.25) is 0 Å². The van der Waals surface area contributed by atoms with E-state index in [-0.39, 0.29) is 0 Å². The first kappa shape index (κ1) is 18.0. The zero-order valence-corrected chi connectivity index (χ0v) is 15.0. The maximum Gasteiger partial charge on any atom is 0.321 e. The van der Waals surface area contributed by atoms with Crippen LogP contribution in [-0.4, -0.2) is 54.0 Å². The first-order valence-electron chi connectivity index (χ1n) is 7.08. The molecule has 0 saturated heterocycles. The Morgan fingerprint density at radius 1 is 1.52 bits per heavy atom. The summed E-state index contributed by atoms with van der Waals surface area (Å²) in [4.78, 5) is 17.5. The Morgan fingerprint density at radius 2 is 2.26 bits per heavy atom. The lowest BCUT2D eigenvalue weighted by molar-refractivity contribution is -0.137. The van der Waals surface area contributed by atoms with Crippen LogP contribution >= 0.6 is 23.1 Å². The number of rotatable bonds is 8. The number of thioether (sulfide) groups is 1. The van der Waals surface area contributed by atoms with Crippen LogP contribution in [0.1, 0.15) is 10.6 Å². The lowest BCUT2D eigenvalue weighted by Gasteiger charge is -2.11. The highest BCUT2D eigenvalue weighted by atomic mass is 32.2. The van der Waals surface area contributed by atoms with Gasteiger partial charge in [-0.25, -0.2) is 4.98 Å². The molecule has 1 aromatic carbocycles. The van der Waals surface area contributed by atoms with Gasteiger partial charge in [-0.3, -0.25) is 4.79 Å². The Kier molecular flexibility index (Phi) is 6.23. The lowest BCUT2D eigenvalue weighted by Crippen LogP contribution is -2.32. The van der Waals surface area contributed by atoms with Crippen LogP contribution < -0.4 is 10.5 Å². The van der Waals surface area contributed by atoms with Crippen LogP contribution in [-0.2, 0) is 17.1 Å². The highest BCUT2D eigenvalue weighted by Crippen LogP contribution is 2.32. The molecule has 0 amide bonds. The van der Waals surface area contributed by atoms with Crippen molar-refractivity contribution in [3.05, 3.63) is 22.7 Å². The Morgan fingerprint density at radius 3 is 2.87 bits per heavy atom. The second kappa shape index (κ2) is 7.96. The number of thiazole rings is 1. The minimum atomic E-state index is -0.972. The predicted molar refractivity (Wildman–Crippen MR) is 95.3 cm³/mol. The number of ether oxygens (including phenoxy) is 1. The maximum absolute atomic E-state index is 10.7. The molecule has 6 nitrogen and oxygen atoms in total. The molecule has 2 aromatic rings. The molecule has 23 heavy (non-hydrogen) atoms. The molecule has 0 unspecified atom stereocenters. The van der Waals surface area contributed by atoms with Crippen molar-refractivity contribution in [2.45, 2.75) is 18.3 Å². The number of nitrogens with two attached hydrogens (primary N) is 1. The van der Waals surface area contributed by atoms with Crippen LogP contribution in [0.5, 0.6) is 5.75 Å². The van der Waals surface area contributed by atoms with Gasteiger partial charge in [0, 0.05) is 18.1 Å². The fraction of sp³-hybridized carbons (Fsp3) is 0.467. The smallest absolute Gasteiger partial charge is 0.321 e. The second-order valence-corrected chi connectivity index (χ2v) is 7.58. The summed E-state index contributed by atoms with van der Waals surface area (Å²) in [6, 6.07) is 3.17. The average Bonchev–Trinajstić information content (AvgIpc) is 2.89. The van der Waals surface area contributed by atoms with Gasteiger partial charge in [0.1, 0.15) is 16.8 Å². The molecule has 0 aliphatic rings. The van der Waals surface area contributed by atoms with Gasteiger partial charge < -0.3 is 20.5 Å². The minimum Gasteiger partial charge on any atom is -0.497 e. The van der Waals surface area contributed by atoms with Crippen molar-refractivity contribution < 1.29 is 14.6 Å². The van der Waals surface area contributed by atoms with Gasteiger partial charge in [0.05, 0.1) is 17.3 Å². The van der Waals surface area contributed by atoms with Crippen molar-refractivity contribution in [3.8, 4) is 5.75 Å². The minimum absolute atomic E-state index is 0.374. The SMILES string of the molecule is COc1cc(CN(C)C)c2nc(CSC[C@@H](N)C(=O)O)sc2c1. The van der Waals surface area contributed by atoms with Gasteiger partial charge in [-0.05, 0) is 31.8 Å². The number of methoxy groups -OCH3 is 1. The standard InChI is InChI=1S/C15H21N3O3S2/c1-18(2)6-9-4-10(21-3)5-12-14(9)17-13(23-12)8-22-7-11(16)15(19)20/h4-5,11H,6-8,16H2,1-3H3,(H,19,20)/t11-/m1/s1. The van der Waals surface area contributed by atoms with Crippen LogP contribution in [0.3, 0.4) is 0 Å². The molecule has 0 fully saturated rings. The molecule has 0 saturated carbocycles. The van der Waals surface area contributed by atoms with E-state index < -0.39 is 12.0 Å². The molecule has 1 heterocycles. The molecule has 0 spiro atoms. The summed E-state index contributed by atoms with van der Waals surface area (Å²) >= 11 is 3.10. The van der Waals surface area contributed by atoms with Crippen LogP contribution in [0.15, 0.2) is 12.1 Å². The molecule has 1 atom stereocenters. The number of carbonyl (C=O) groups is 1. The van der Waals surface area contributed by atoms with Crippen molar-refractivity contribution in [2.75, 3.05) is 27.0 Å². The number of nitrogens with zero attached hydrogens (tertiary/aromatic N) is 2. The van der Waals surface area contributed by atoms with Gasteiger partial charge in [0.2, 0.25) is 0 Å². The number of carboxylic acids is 1. The van der Waals surface area contributed by atoms with E-state index in [1.165, 1.54) is 11.8 Å². The number of carboxylic acid groups (broad SMARTS) is 1. The van der Waals surface area contributed by atoms with Gasteiger partial charge in [-0.1, -0.05) is 0 Å². The zero-order chi connectivity index (χ0) is 17.0. The van der Waals surface area contributed by atoms with Gasteiger partial charge >= 0.3 is 5.97 Å². The van der Waals surface area contributed by atoms with Gasteiger partial charge in [-0.15, -0.1) is 11.3 Å². The fourth-order valence-corrected chi connectivity index (χ4v) is 4.18. The normalized spacial score (nSPS) is 12.7. The van der Waals surface area contributed by atoms with E-state index in [0.29, 0.717) is 11.5 Å². The number of aliphatic carboxylic acids is 1. The Labute approximate surface area is 143 Å². The lowest BCUT2D eigenvalue weighted by atomic mass is 10.2. The van der Waals surface area contributed by atoms with Gasteiger partial charge in [0.15, 0.2) is 0 Å². The summed E-state index contributed by atoms with van der Waals surface area (Å²) in [5.74, 6) is 0.883. The highest BCUT2D eigenvalue weighted by molar-refractivity contribution is 7.98. The summed E-state index contributed by atoms with van der Waals surface area (Å²) in [5.41, 5.74) is 7.63. The van der Waals surface area contributed by atoms with Crippen LogP contribution in [0.4, 0.5) is 0 Å². The number of hydrogen-bond acceptors (Lipinski definition) is 7. The zero-order valence-electron chi connectivity index (χ0n) is 13.4. The first-order chi connectivity index (χ1) is 10.9. The molecule has 0 bridgehead atoms. The number of fused-ring (bicyclic) bond motifs is 1. The average molecular weight is 355 g/mol. The Bertz CT molecular complexity index is 688. The van der Waals surface area contributed by atoms with Gasteiger partial charge in [-0.2, -0.15) is 11.8 Å². The molecule has 1 aromatic heterocycles. The van der Waals surface area contributed by atoms with E-state index in [1.54, 1.807) is 18.4 Å². The van der Waals surface area contributed by atoms with E-state index in [0.717, 1.165) is 33.1 Å². The monoisotopic (exact) mass is 355 g/mol. The molecule has 2 rings (SSSR count). The molecule has 0 radical (unpaired) electrons. The highest BCUT2D eigenvalue weighted by Gasteiger charge is 2.14. The first-order valence-corrected chi connectivity index (χ1v) is 9.05. The molecule has 0 aliphatic carbocycles. The third-order valence-electron chi connectivity index (χ3n) is 3.15. The van der Waals surface area contributed by atoms with E-state index in [1.807, 2.05) is 26.2 Å². The summed E-state index contributed by atoms with van der Waals surface area (Å²) in [5, 5.41) is 9.77. The third-order valence-corrected chi connectivity index (χ3v) is 5.41. The second-order valence-electron chi connectivity index (χ2n) is 5.44. The fourth-order valence-electron chi connectivity index (χ4n) is 2.10. The van der Waals surface area contributed by atoms with E-state index in [2.05, 4.69) is 4.90 Å². The molecule has 8 heteroatoms. The number of hydrogen-bond donors (Lipinski definition) is 2. The maximum atomic E-state index is 10.7. The molecule has 0 aliphatic heterocycles. The summed E-state index contributed by atoms with van der Waals surface area (Å²) in [7, 11) is 5.69. The van der Waals surface area contributed by atoms with Crippen molar-refractivity contribution in [2.24, 2.45) is 5.73 Å². The van der Waals surface area contributed by atoms with E-state index >= 15 is 0 Å². The van der Waals surface area contributed by atoms with Crippen LogP contribution in [0.25, 0.3) is 10.2 Å². The van der Waals surface area contributed by atoms with E-state index in [9.17, 15) is 4.79 Å². The molecular weight excluding hydrogens is 334 g/mol. The number of benzene rings is 1. The molecule has 126 valence electrons. The summed E-state index contributed by atoms with van der Waals surface area (Å²) in [6.07, 6.45) is 0. The van der Waals surface area contributed by atoms with Crippen molar-refractivity contribution >= 4 is 39.3 Å². The van der Waals surface area contributed by atoms with Crippen molar-refractivity contribution in [1.82, 2.24) is 9.88 Å². The number of aromatic nitrogens is 1. The van der Waals surface area contributed by atoms with E-state index in [4.69, 9.17) is 20.6 Å². The van der Waals surface area contributed by atoms with Gasteiger partial charge in [0.25, 0.3) is 0 Å². The molecular formula is C15H21N3O3S2.